The molecule has 0 spiro atoms. The molecule has 1 unspecified atom stereocenters. The quantitative estimate of drug-likeness (QED) is 0.517. The molecule has 32 heavy (non-hydrogen) atoms. The zero-order valence-corrected chi connectivity index (χ0v) is 18.0. The lowest BCUT2D eigenvalue weighted by Crippen LogP contribution is -2.30. The molecular formula is C22H23N3O6S. The number of aromatic amines is 1. The highest BCUT2D eigenvalue weighted by atomic mass is 32.2. The van der Waals surface area contributed by atoms with E-state index in [1.165, 1.54) is 0 Å². The molecule has 0 aliphatic heterocycles. The Morgan fingerprint density at radius 1 is 1.16 bits per heavy atom. The van der Waals surface area contributed by atoms with Crippen molar-refractivity contribution in [3.8, 4) is 0 Å². The number of carbonyl (C=O) groups is 1. The van der Waals surface area contributed by atoms with Crippen molar-refractivity contribution in [2.24, 2.45) is 5.92 Å². The Hall–Kier alpha value is -3.40. The third-order valence-electron chi connectivity index (χ3n) is 5.55. The number of hydrogen-bond donors (Lipinski definition) is 2. The fourth-order valence-corrected chi connectivity index (χ4v) is 5.53. The average molecular weight is 458 g/mol. The summed E-state index contributed by atoms with van der Waals surface area (Å²) in [4.78, 5) is 26.0. The number of sulfone groups is 1. The molecule has 0 saturated carbocycles. The normalized spacial score (nSPS) is 18.0. The Morgan fingerprint density at radius 2 is 1.91 bits per heavy atom. The summed E-state index contributed by atoms with van der Waals surface area (Å²) in [6.07, 6.45) is 1.61. The van der Waals surface area contributed by atoms with Crippen molar-refractivity contribution < 1.29 is 22.5 Å². The average Bonchev–Trinajstić information content (AvgIpc) is 3.22. The molecule has 2 atom stereocenters. The van der Waals surface area contributed by atoms with Crippen LogP contribution in [0.2, 0.25) is 0 Å². The monoisotopic (exact) mass is 457 g/mol. The van der Waals surface area contributed by atoms with Crippen LogP contribution in [-0.4, -0.2) is 30.4 Å². The minimum absolute atomic E-state index is 0.0118. The minimum Gasteiger partial charge on any atom is -0.449 e. The van der Waals surface area contributed by atoms with E-state index in [0.29, 0.717) is 31.4 Å². The van der Waals surface area contributed by atoms with Crippen molar-refractivity contribution in [2.45, 2.75) is 31.1 Å². The van der Waals surface area contributed by atoms with E-state index in [-0.39, 0.29) is 18.5 Å². The number of benzene rings is 2. The van der Waals surface area contributed by atoms with E-state index in [1.54, 1.807) is 36.4 Å². The first-order valence-electron chi connectivity index (χ1n) is 10.3. The van der Waals surface area contributed by atoms with Gasteiger partial charge >= 0.3 is 11.1 Å². The van der Waals surface area contributed by atoms with Gasteiger partial charge in [0, 0.05) is 6.54 Å². The molecule has 0 fully saturated rings. The van der Waals surface area contributed by atoms with E-state index in [4.69, 9.17) is 4.74 Å². The van der Waals surface area contributed by atoms with Crippen LogP contribution in [0.3, 0.4) is 0 Å². The Morgan fingerprint density at radius 3 is 2.66 bits per heavy atom. The summed E-state index contributed by atoms with van der Waals surface area (Å²) in [6.45, 7) is 0.358. The second-order valence-electron chi connectivity index (χ2n) is 7.72. The Kier molecular flexibility index (Phi) is 6.40. The molecule has 0 amide bonds. The molecule has 1 aliphatic carbocycles. The molecule has 1 aromatic heterocycles. The fourth-order valence-electron chi connectivity index (χ4n) is 3.99. The molecule has 2 N–H and O–H groups in total. The third-order valence-corrected chi connectivity index (χ3v) is 7.33. The molecule has 0 saturated heterocycles. The van der Waals surface area contributed by atoms with Crippen LogP contribution in [0.15, 0.2) is 63.9 Å². The van der Waals surface area contributed by atoms with Crippen LogP contribution < -0.4 is 11.1 Å². The Labute approximate surface area is 184 Å². The molecule has 1 heterocycles. The van der Waals surface area contributed by atoms with Gasteiger partial charge in [0.25, 0.3) is 9.84 Å². The summed E-state index contributed by atoms with van der Waals surface area (Å²) in [7, 11) is -4.21. The summed E-state index contributed by atoms with van der Waals surface area (Å²) in [6, 6.07) is 16.2. The highest BCUT2D eigenvalue weighted by Crippen LogP contribution is 2.40. The van der Waals surface area contributed by atoms with Crippen LogP contribution in [0.1, 0.15) is 34.8 Å². The SMILES string of the molecule is O=C(OCc1ccccc1)S(=O)(=O)C1C[C@H](CCNc2noc(=O)[nH]2)Cc2ccccc21. The van der Waals surface area contributed by atoms with E-state index in [2.05, 4.69) is 20.0 Å². The first-order chi connectivity index (χ1) is 15.4. The number of hydrogen-bond acceptors (Lipinski definition) is 8. The van der Waals surface area contributed by atoms with Gasteiger partial charge in [0.1, 0.15) is 6.61 Å². The standard InChI is InChI=1S/C22H23N3O6S/c26-21-24-20(25-31-21)23-11-10-16-12-17-8-4-5-9-18(17)19(13-16)32(28,29)22(27)30-14-15-6-2-1-3-7-15/h1-9,16,19H,10-14H2,(H2,23,24,25,26)/t16-,19?/m1/s1. The van der Waals surface area contributed by atoms with Gasteiger partial charge in [-0.15, -0.1) is 0 Å². The third kappa shape index (κ3) is 4.91. The van der Waals surface area contributed by atoms with Gasteiger partial charge in [-0.2, -0.15) is 0 Å². The van der Waals surface area contributed by atoms with Gasteiger partial charge in [0.2, 0.25) is 5.95 Å². The molecule has 9 nitrogen and oxygen atoms in total. The number of nitrogens with zero attached hydrogens (tertiary/aromatic N) is 1. The molecular weight excluding hydrogens is 434 g/mol. The topological polar surface area (TPSA) is 131 Å². The summed E-state index contributed by atoms with van der Waals surface area (Å²) < 4.78 is 35.9. The summed E-state index contributed by atoms with van der Waals surface area (Å²) >= 11 is 0. The number of nitrogens with one attached hydrogen (secondary N) is 2. The number of fused-ring (bicyclic) bond motifs is 1. The number of aromatic nitrogens is 2. The zero-order chi connectivity index (χ0) is 22.6. The van der Waals surface area contributed by atoms with Crippen LogP contribution >= 0.6 is 0 Å². The fraction of sp³-hybridized carbons (Fsp3) is 0.318. The number of carbonyl (C=O) groups excluding carboxylic acids is 1. The van der Waals surface area contributed by atoms with Crippen molar-refractivity contribution in [2.75, 3.05) is 11.9 Å². The summed E-state index contributed by atoms with van der Waals surface area (Å²) in [5.41, 5.74) is 2.27. The summed E-state index contributed by atoms with van der Waals surface area (Å²) in [5.74, 6) is -0.420. The number of rotatable bonds is 7. The number of anilines is 1. The first-order valence-corrected chi connectivity index (χ1v) is 11.8. The van der Waals surface area contributed by atoms with Crippen LogP contribution in [0, 0.1) is 5.92 Å². The molecule has 10 heteroatoms. The lowest BCUT2D eigenvalue weighted by atomic mass is 9.82. The van der Waals surface area contributed by atoms with E-state index < -0.39 is 26.1 Å². The molecule has 168 valence electrons. The van der Waals surface area contributed by atoms with Gasteiger partial charge in [-0.1, -0.05) is 54.6 Å². The number of H-pyrrole nitrogens is 1. The Bertz CT molecular complexity index is 1240. The molecule has 4 rings (SSSR count). The maximum atomic E-state index is 13.2. The lowest BCUT2D eigenvalue weighted by Gasteiger charge is -2.30. The zero-order valence-electron chi connectivity index (χ0n) is 17.2. The summed E-state index contributed by atoms with van der Waals surface area (Å²) in [5, 5.41) is 4.32. The molecule has 3 aromatic rings. The molecule has 1 aliphatic rings. The van der Waals surface area contributed by atoms with Crippen molar-refractivity contribution >= 4 is 21.1 Å². The maximum Gasteiger partial charge on any atom is 0.440 e. The smallest absolute Gasteiger partial charge is 0.440 e. The van der Waals surface area contributed by atoms with Gasteiger partial charge < -0.3 is 10.1 Å². The van der Waals surface area contributed by atoms with E-state index in [9.17, 15) is 18.0 Å². The largest absolute Gasteiger partial charge is 0.449 e. The molecule has 0 bridgehead atoms. The highest BCUT2D eigenvalue weighted by molar-refractivity contribution is 8.05. The van der Waals surface area contributed by atoms with Gasteiger partial charge in [-0.05, 0) is 47.0 Å². The van der Waals surface area contributed by atoms with Crippen molar-refractivity contribution in [3.05, 3.63) is 81.8 Å². The lowest BCUT2D eigenvalue weighted by molar-refractivity contribution is 0.165. The van der Waals surface area contributed by atoms with Crippen LogP contribution in [0.5, 0.6) is 0 Å². The molecule has 2 aromatic carbocycles. The van der Waals surface area contributed by atoms with Crippen molar-refractivity contribution in [3.63, 3.8) is 0 Å². The predicted molar refractivity (Wildman–Crippen MR) is 117 cm³/mol. The van der Waals surface area contributed by atoms with Gasteiger partial charge in [0.15, 0.2) is 0 Å². The van der Waals surface area contributed by atoms with Crippen molar-refractivity contribution in [1.29, 1.82) is 0 Å². The van der Waals surface area contributed by atoms with Gasteiger partial charge in [-0.25, -0.2) is 18.0 Å². The van der Waals surface area contributed by atoms with Crippen molar-refractivity contribution in [1.82, 2.24) is 10.1 Å². The van der Waals surface area contributed by atoms with Crippen LogP contribution in [0.4, 0.5) is 10.7 Å². The second kappa shape index (κ2) is 9.39. The first kappa shape index (κ1) is 21.8. The van der Waals surface area contributed by atoms with Gasteiger partial charge in [0.05, 0.1) is 5.25 Å². The number of ether oxygens (including phenoxy) is 1. The maximum absolute atomic E-state index is 13.2. The van der Waals surface area contributed by atoms with E-state index in [0.717, 1.165) is 11.1 Å². The Balaban J connectivity index is 1.46. The predicted octanol–water partition coefficient (Wildman–Crippen LogP) is 3.22. The van der Waals surface area contributed by atoms with Crippen LogP contribution in [-0.2, 0) is 27.6 Å². The minimum atomic E-state index is -4.21. The van der Waals surface area contributed by atoms with E-state index in [1.807, 2.05) is 18.2 Å². The second-order valence-corrected chi connectivity index (χ2v) is 9.71. The van der Waals surface area contributed by atoms with Crippen LogP contribution in [0.25, 0.3) is 0 Å². The molecule has 0 radical (unpaired) electrons. The van der Waals surface area contributed by atoms with Gasteiger partial charge in [-0.3, -0.25) is 9.51 Å². The van der Waals surface area contributed by atoms with E-state index >= 15 is 0 Å². The highest BCUT2D eigenvalue weighted by Gasteiger charge is 2.40.